The van der Waals surface area contributed by atoms with Crippen LogP contribution in [0.25, 0.3) is 0 Å². The quantitative estimate of drug-likeness (QED) is 0.859. The van der Waals surface area contributed by atoms with Crippen LogP contribution in [0.4, 0.5) is 0 Å². The van der Waals surface area contributed by atoms with Gasteiger partial charge in [0.2, 0.25) is 0 Å². The molecule has 2 aliphatic heterocycles. The van der Waals surface area contributed by atoms with Crippen molar-refractivity contribution in [2.24, 2.45) is 11.3 Å². The number of rotatable bonds is 4. The second kappa shape index (κ2) is 6.97. The van der Waals surface area contributed by atoms with E-state index in [1.165, 1.54) is 84.3 Å². The van der Waals surface area contributed by atoms with Crippen LogP contribution in [0.5, 0.6) is 0 Å². The molecule has 0 aromatic heterocycles. The van der Waals surface area contributed by atoms with E-state index in [2.05, 4.69) is 29.0 Å². The van der Waals surface area contributed by atoms with Gasteiger partial charge < -0.3 is 10.2 Å². The van der Waals surface area contributed by atoms with Crippen molar-refractivity contribution < 1.29 is 0 Å². The summed E-state index contributed by atoms with van der Waals surface area (Å²) >= 11 is 0. The van der Waals surface area contributed by atoms with Crippen LogP contribution in [-0.4, -0.2) is 61.7 Å². The molecule has 2 heterocycles. The molecule has 3 rings (SSSR count). The molecule has 3 aliphatic rings. The van der Waals surface area contributed by atoms with Crippen LogP contribution in [-0.2, 0) is 0 Å². The number of piperazine rings is 1. The zero-order chi connectivity index (χ0) is 14.7. The first-order chi connectivity index (χ1) is 10.1. The summed E-state index contributed by atoms with van der Waals surface area (Å²) < 4.78 is 0. The molecule has 0 amide bonds. The van der Waals surface area contributed by atoms with Crippen molar-refractivity contribution in [2.45, 2.75) is 58.4 Å². The second-order valence-corrected chi connectivity index (χ2v) is 8.28. The van der Waals surface area contributed by atoms with Gasteiger partial charge in [0.25, 0.3) is 0 Å². The van der Waals surface area contributed by atoms with Crippen LogP contribution in [0.15, 0.2) is 0 Å². The fourth-order valence-corrected chi connectivity index (χ4v) is 4.78. The number of nitrogens with zero attached hydrogens (tertiary/aromatic N) is 2. The summed E-state index contributed by atoms with van der Waals surface area (Å²) in [4.78, 5) is 5.51. The highest BCUT2D eigenvalue weighted by atomic mass is 15.3. The molecule has 122 valence electrons. The van der Waals surface area contributed by atoms with Crippen molar-refractivity contribution in [3.8, 4) is 0 Å². The summed E-state index contributed by atoms with van der Waals surface area (Å²) in [5.74, 6) is 0.860. The Morgan fingerprint density at radius 3 is 2.29 bits per heavy atom. The van der Waals surface area contributed by atoms with Crippen molar-refractivity contribution in [1.82, 2.24) is 15.1 Å². The van der Waals surface area contributed by atoms with E-state index in [-0.39, 0.29) is 0 Å². The maximum Gasteiger partial charge on any atom is 0.0113 e. The first-order valence-electron chi connectivity index (χ1n) is 9.32. The van der Waals surface area contributed by atoms with Gasteiger partial charge in [0.1, 0.15) is 0 Å². The maximum atomic E-state index is 3.60. The molecule has 0 spiro atoms. The lowest BCUT2D eigenvalue weighted by molar-refractivity contribution is 0.0480. The smallest absolute Gasteiger partial charge is 0.0113 e. The largest absolute Gasteiger partial charge is 0.316 e. The fourth-order valence-electron chi connectivity index (χ4n) is 4.78. The Hall–Kier alpha value is -0.120. The van der Waals surface area contributed by atoms with E-state index in [9.17, 15) is 0 Å². The van der Waals surface area contributed by atoms with Crippen LogP contribution < -0.4 is 5.32 Å². The van der Waals surface area contributed by atoms with Crippen LogP contribution in [0, 0.1) is 11.3 Å². The monoisotopic (exact) mass is 293 g/mol. The molecular formula is C18H35N3. The number of hydrogen-bond acceptors (Lipinski definition) is 3. The highest BCUT2D eigenvalue weighted by Gasteiger charge is 2.34. The average molecular weight is 293 g/mol. The van der Waals surface area contributed by atoms with Gasteiger partial charge in [0.05, 0.1) is 0 Å². The van der Waals surface area contributed by atoms with Crippen LogP contribution in [0.1, 0.15) is 52.4 Å². The molecule has 1 N–H and O–H groups in total. The van der Waals surface area contributed by atoms with Gasteiger partial charge in [-0.3, -0.25) is 4.90 Å². The van der Waals surface area contributed by atoms with E-state index >= 15 is 0 Å². The number of nitrogens with one attached hydrogen (secondary N) is 1. The molecule has 21 heavy (non-hydrogen) atoms. The predicted octanol–water partition coefficient (Wildman–Crippen LogP) is 2.57. The van der Waals surface area contributed by atoms with E-state index in [1.807, 2.05) is 0 Å². The second-order valence-electron chi connectivity index (χ2n) is 8.28. The Balaban J connectivity index is 1.45. The molecule has 0 bridgehead atoms. The van der Waals surface area contributed by atoms with E-state index in [1.54, 1.807) is 0 Å². The van der Waals surface area contributed by atoms with Crippen molar-refractivity contribution in [3.05, 3.63) is 0 Å². The minimum atomic E-state index is 0.461. The van der Waals surface area contributed by atoms with Crippen LogP contribution in [0.2, 0.25) is 0 Å². The summed E-state index contributed by atoms with van der Waals surface area (Å²) in [7, 11) is 0. The summed E-state index contributed by atoms with van der Waals surface area (Å²) in [5.41, 5.74) is 0.461. The molecule has 1 unspecified atom stereocenters. The summed E-state index contributed by atoms with van der Waals surface area (Å²) in [5, 5.41) is 3.60. The lowest BCUT2D eigenvalue weighted by Gasteiger charge is -2.44. The molecule has 2 saturated heterocycles. The molecule has 1 aliphatic carbocycles. The van der Waals surface area contributed by atoms with Crippen LogP contribution >= 0.6 is 0 Å². The standard InChI is InChI=1S/C18H35N3/c1-18(2,16-6-5-9-19-14-16)15-20-10-12-21(13-11-20)17-7-3-4-8-17/h16-17,19H,3-15H2,1-2H3. The minimum Gasteiger partial charge on any atom is -0.316 e. The Kier molecular flexibility index (Phi) is 5.23. The van der Waals surface area contributed by atoms with Gasteiger partial charge in [0, 0.05) is 38.8 Å². The third-order valence-corrected chi connectivity index (χ3v) is 6.28. The van der Waals surface area contributed by atoms with Gasteiger partial charge >= 0.3 is 0 Å². The van der Waals surface area contributed by atoms with Gasteiger partial charge in [-0.25, -0.2) is 0 Å². The van der Waals surface area contributed by atoms with Gasteiger partial charge in [-0.2, -0.15) is 0 Å². The first-order valence-corrected chi connectivity index (χ1v) is 9.32. The highest BCUT2D eigenvalue weighted by molar-refractivity contribution is 4.88. The van der Waals surface area contributed by atoms with Crippen molar-refractivity contribution >= 4 is 0 Å². The van der Waals surface area contributed by atoms with E-state index in [4.69, 9.17) is 0 Å². The van der Waals surface area contributed by atoms with Gasteiger partial charge in [-0.15, -0.1) is 0 Å². The average Bonchev–Trinajstić information content (AvgIpc) is 3.03. The SMILES string of the molecule is CC(C)(CN1CCN(C2CCCC2)CC1)C1CCCNC1. The minimum absolute atomic E-state index is 0.461. The molecule has 0 radical (unpaired) electrons. The summed E-state index contributed by atoms with van der Waals surface area (Å²) in [6, 6.07) is 0.919. The molecule has 3 fully saturated rings. The Bertz CT molecular complexity index is 308. The number of hydrogen-bond donors (Lipinski definition) is 1. The Morgan fingerprint density at radius 2 is 1.67 bits per heavy atom. The highest BCUT2D eigenvalue weighted by Crippen LogP contribution is 2.33. The van der Waals surface area contributed by atoms with Crippen LogP contribution in [0.3, 0.4) is 0 Å². The fraction of sp³-hybridized carbons (Fsp3) is 1.00. The zero-order valence-corrected chi connectivity index (χ0v) is 14.2. The Morgan fingerprint density at radius 1 is 0.952 bits per heavy atom. The zero-order valence-electron chi connectivity index (χ0n) is 14.2. The molecule has 1 atom stereocenters. The third-order valence-electron chi connectivity index (χ3n) is 6.28. The predicted molar refractivity (Wildman–Crippen MR) is 89.6 cm³/mol. The van der Waals surface area contributed by atoms with E-state index in [0.29, 0.717) is 5.41 Å². The third kappa shape index (κ3) is 4.00. The molecule has 3 heteroatoms. The Labute approximate surface area is 131 Å². The first kappa shape index (κ1) is 15.8. The van der Waals surface area contributed by atoms with Crippen molar-refractivity contribution in [2.75, 3.05) is 45.8 Å². The molecule has 3 nitrogen and oxygen atoms in total. The lowest BCUT2D eigenvalue weighted by Crippen LogP contribution is -2.53. The summed E-state index contributed by atoms with van der Waals surface area (Å²) in [6.45, 7) is 13.9. The molecular weight excluding hydrogens is 258 g/mol. The maximum absolute atomic E-state index is 3.60. The normalized spacial score (nSPS) is 30.9. The van der Waals surface area contributed by atoms with E-state index in [0.717, 1.165) is 12.0 Å². The lowest BCUT2D eigenvalue weighted by atomic mass is 9.74. The molecule has 0 aromatic carbocycles. The topological polar surface area (TPSA) is 18.5 Å². The van der Waals surface area contributed by atoms with Crippen molar-refractivity contribution in [1.29, 1.82) is 0 Å². The number of piperidine rings is 1. The van der Waals surface area contributed by atoms with E-state index < -0.39 is 0 Å². The van der Waals surface area contributed by atoms with Gasteiger partial charge in [-0.05, 0) is 50.1 Å². The van der Waals surface area contributed by atoms with Crippen molar-refractivity contribution in [3.63, 3.8) is 0 Å². The molecule has 0 aromatic rings. The summed E-state index contributed by atoms with van der Waals surface area (Å²) in [6.07, 6.45) is 8.63. The van der Waals surface area contributed by atoms with Gasteiger partial charge in [0.15, 0.2) is 0 Å². The molecule has 1 saturated carbocycles. The van der Waals surface area contributed by atoms with Gasteiger partial charge in [-0.1, -0.05) is 26.7 Å².